The Morgan fingerprint density at radius 1 is 0.605 bits per heavy atom. The van der Waals surface area contributed by atoms with Gasteiger partial charge in [0, 0.05) is 112 Å². The second-order valence-corrected chi connectivity index (χ2v) is 30.4. The Balaban J connectivity index is 0.629. The lowest BCUT2D eigenvalue weighted by Gasteiger charge is -2.69. The van der Waals surface area contributed by atoms with Crippen molar-refractivity contribution in [2.75, 3.05) is 160 Å². The van der Waals surface area contributed by atoms with Crippen molar-refractivity contribution in [1.29, 1.82) is 0 Å². The van der Waals surface area contributed by atoms with Crippen LogP contribution in [-0.4, -0.2) is 278 Å². The minimum Gasteiger partial charge on any atom is -0.461 e. The number of alkyl halides is 2. The lowest BCUT2D eigenvalue weighted by atomic mass is 9.34. The van der Waals surface area contributed by atoms with E-state index in [0.717, 1.165) is 21.9 Å². The molecule has 0 spiro atoms. The number of nitrogens with one attached hydrogen (secondary N) is 4. The van der Waals surface area contributed by atoms with Gasteiger partial charge in [-0.2, -0.15) is 0 Å². The van der Waals surface area contributed by atoms with E-state index in [2.05, 4.69) is 21.3 Å². The van der Waals surface area contributed by atoms with Crippen molar-refractivity contribution >= 4 is 110 Å². The number of rotatable bonds is 43. The fourth-order valence-corrected chi connectivity index (χ4v) is 15.8. The van der Waals surface area contributed by atoms with E-state index < -0.39 is 102 Å². The highest BCUT2D eigenvalue weighted by Crippen LogP contribution is 2.75. The summed E-state index contributed by atoms with van der Waals surface area (Å²) in [4.78, 5) is 116. The summed E-state index contributed by atoms with van der Waals surface area (Å²) in [5.74, 6) is -2.13. The third-order valence-electron chi connectivity index (χ3n) is 21.4. The third-order valence-corrected chi connectivity index (χ3v) is 22.1. The number of benzene rings is 5. The molecule has 4 aliphatic heterocycles. The minimum absolute atomic E-state index is 0.0239. The van der Waals surface area contributed by atoms with Crippen LogP contribution in [0.1, 0.15) is 80.9 Å². The molecule has 2 unspecified atom stereocenters. The molecule has 12 N–H and O–H groups in total. The minimum atomic E-state index is -1.70. The van der Waals surface area contributed by atoms with Crippen LogP contribution in [0.15, 0.2) is 84.9 Å². The summed E-state index contributed by atoms with van der Waals surface area (Å²) in [5.41, 5.74) is 12.6. The number of nitrogens with two attached hydrogens (primary N) is 2. The Bertz CT molecular complexity index is 4170. The smallest absolute Gasteiger partial charge is 0.415 e. The van der Waals surface area contributed by atoms with Crippen molar-refractivity contribution in [2.24, 2.45) is 28.2 Å². The van der Waals surface area contributed by atoms with Gasteiger partial charge in [0.15, 0.2) is 6.29 Å². The van der Waals surface area contributed by atoms with Crippen molar-refractivity contribution in [3.8, 4) is 11.5 Å². The predicted octanol–water partition coefficient (Wildman–Crippen LogP) is 4.27. The molecule has 5 aromatic rings. The van der Waals surface area contributed by atoms with Crippen LogP contribution in [0.25, 0.3) is 21.5 Å². The maximum atomic E-state index is 15.1. The maximum absolute atomic E-state index is 15.1. The van der Waals surface area contributed by atoms with Crippen LogP contribution in [0.3, 0.4) is 0 Å². The van der Waals surface area contributed by atoms with Crippen molar-refractivity contribution < 1.29 is 111 Å². The van der Waals surface area contributed by atoms with Gasteiger partial charge in [-0.1, -0.05) is 74.5 Å². The molecule has 5 fully saturated rings. The number of amides is 9. The summed E-state index contributed by atoms with van der Waals surface area (Å²) in [7, 11) is 3.03. The lowest BCUT2D eigenvalue weighted by molar-refractivity contribution is -0.275. The Kier molecular flexibility index (Phi) is 30.3. The third kappa shape index (κ3) is 20.7. The zero-order valence-corrected chi connectivity index (χ0v) is 65.9. The maximum Gasteiger partial charge on any atom is 0.415 e. The molecule has 0 radical (unpaired) electrons. The average Bonchev–Trinajstić information content (AvgIpc) is 0.995. The molecule has 12 rings (SSSR count). The van der Waals surface area contributed by atoms with Crippen LogP contribution in [-0.2, 0) is 73.2 Å². The summed E-state index contributed by atoms with van der Waals surface area (Å²) < 4.78 is 61.9. The summed E-state index contributed by atoms with van der Waals surface area (Å²) in [6.07, 6.45) is -10.2. The summed E-state index contributed by atoms with van der Waals surface area (Å²) in [6, 6.07) is 21.7. The number of hydrogen-bond acceptors (Lipinski definition) is 24. The van der Waals surface area contributed by atoms with Gasteiger partial charge >= 0.3 is 18.2 Å². The van der Waals surface area contributed by atoms with Gasteiger partial charge in [-0.15, -0.1) is 23.2 Å². The van der Waals surface area contributed by atoms with Crippen LogP contribution in [0.5, 0.6) is 11.5 Å². The largest absolute Gasteiger partial charge is 0.461 e. The number of halogens is 2. The Morgan fingerprint density at radius 3 is 1.60 bits per heavy atom. The second kappa shape index (κ2) is 40.0. The number of ether oxygens (including phenoxy) is 11. The SMILES string of the molecule is CC(C)[C@H](NC(=O)CCOCCOCCOCCOCCOCCOCCN)C(=O)N[C@@H](CCCNC(N)=O)C(=O)Nc1ccc(COC(=O)N(C)CCN(C)C(=O)Oc2cc3c(c4ccccc24)[C@H](CCl)CN3C(=O)C23CC(C(=O)N4C[C@@H](CCl)c5c4cc(O[C@@H]4O[C@H](C6OC6O)[C@@H](O)[C@H](O)[C@H]4O)c4ccccc54)(C2)C3)cc1. The van der Waals surface area contributed by atoms with Crippen LogP contribution in [0.2, 0.25) is 0 Å². The number of aliphatic hydroxyl groups excluding tert-OH is 4. The Hall–Kier alpha value is -8.36. The monoisotopic (exact) mass is 1630 g/mol. The van der Waals surface area contributed by atoms with Crippen molar-refractivity contribution in [2.45, 2.75) is 126 Å². The van der Waals surface area contributed by atoms with Gasteiger partial charge in [0.25, 0.3) is 0 Å². The number of urea groups is 1. The molecular formula is C79H104Cl2N10O23. The van der Waals surface area contributed by atoms with Crippen LogP contribution in [0, 0.1) is 16.7 Å². The summed E-state index contributed by atoms with van der Waals surface area (Å²) in [6.45, 7) is 8.92. The molecule has 11 atom stereocenters. The number of carbonyl (C=O) groups excluding carboxylic acids is 8. The average molecular weight is 1630 g/mol. The van der Waals surface area contributed by atoms with E-state index in [1.54, 1.807) is 66.1 Å². The molecule has 622 valence electrons. The number of hydrogen-bond donors (Lipinski definition) is 10. The first-order valence-electron chi connectivity index (χ1n) is 38.5. The molecule has 2 saturated heterocycles. The first-order chi connectivity index (χ1) is 54.9. The standard InChI is InChI=1S/C79H104Cl2N10O23/c1-46(2)63(87-60(92)19-24-104-26-28-106-30-32-108-34-35-109-33-31-107-29-27-105-25-20-82)70(97)86-55(14-9-21-84-75(83)101)69(96)85-50-17-15-47(16-18-50)42-110-76(102)88(3)22-23-89(4)77(103)112-59-37-57-62(54-13-8-6-11-52(54)59)49(39-81)41-91(57)74(100)79-43-78(44-79,45-79)73(99)90-40-48(38-80)61-53-12-7-5-10-51(53)58(36-56(61)90)111-72-66(95)64(93)65(94)67(114-72)68-71(98)113-68/h5-8,10-13,15-18,36-37,46,48-49,55,63-68,71-72,93-95,98H,9,14,19-35,38-45,82H2,1-4H3,(H,85,96)(H,86,97)(H,87,92)(H3,83,84,101)/t48-,49-,55+,63+,64+,65+,66-,67+,68?,71?,72-,78?,79?/m1/s1. The fraction of sp³-hybridized carbons (Fsp3) is 0.570. The number of anilines is 3. The molecule has 4 heterocycles. The number of primary amides is 1. The highest BCUT2D eigenvalue weighted by molar-refractivity contribution is 6.20. The van der Waals surface area contributed by atoms with E-state index >= 15 is 9.59 Å². The molecule has 33 nitrogen and oxygen atoms in total. The van der Waals surface area contributed by atoms with Crippen molar-refractivity contribution in [1.82, 2.24) is 25.8 Å². The highest BCUT2D eigenvalue weighted by atomic mass is 35.5. The number of fused-ring (bicyclic) bond motifs is 6. The van der Waals surface area contributed by atoms with Gasteiger partial charge in [-0.3, -0.25) is 24.0 Å². The van der Waals surface area contributed by atoms with Gasteiger partial charge in [0.1, 0.15) is 60.7 Å². The van der Waals surface area contributed by atoms with E-state index in [1.165, 1.54) is 23.9 Å². The van der Waals surface area contributed by atoms with E-state index in [1.807, 2.05) is 42.5 Å². The normalized spacial score (nSPS) is 23.5. The number of likely N-dealkylation sites (N-methyl/N-ethyl adjacent to an activating group) is 2. The topological polar surface area (TPSA) is 435 Å². The number of aliphatic hydroxyl groups is 4. The molecule has 0 aromatic heterocycles. The first kappa shape index (κ1) is 86.5. The first-order valence-corrected chi connectivity index (χ1v) is 39.5. The molecule has 7 aliphatic rings. The van der Waals surface area contributed by atoms with E-state index in [4.69, 9.17) is 86.8 Å². The summed E-state index contributed by atoms with van der Waals surface area (Å²) >= 11 is 13.4. The molecule has 35 heteroatoms. The van der Waals surface area contributed by atoms with E-state index in [0.29, 0.717) is 99.4 Å². The van der Waals surface area contributed by atoms with Gasteiger partial charge in [0.2, 0.25) is 35.8 Å². The van der Waals surface area contributed by atoms with Gasteiger partial charge < -0.3 is 125 Å². The summed E-state index contributed by atoms with van der Waals surface area (Å²) in [5, 5.41) is 56.1. The quantitative estimate of drug-likeness (QED) is 0.0148. The van der Waals surface area contributed by atoms with E-state index in [-0.39, 0.29) is 151 Å². The van der Waals surface area contributed by atoms with Gasteiger partial charge in [-0.25, -0.2) is 14.4 Å². The molecular weight excluding hydrogens is 1530 g/mol. The predicted molar refractivity (Wildman–Crippen MR) is 417 cm³/mol. The molecule has 3 aliphatic carbocycles. The van der Waals surface area contributed by atoms with Crippen LogP contribution >= 0.6 is 23.2 Å². The Labute approximate surface area is 669 Å². The fourth-order valence-electron chi connectivity index (χ4n) is 15.3. The van der Waals surface area contributed by atoms with Crippen LogP contribution < -0.4 is 52.0 Å². The number of nitrogens with zero attached hydrogens (tertiary/aromatic N) is 4. The van der Waals surface area contributed by atoms with E-state index in [9.17, 15) is 49.2 Å². The van der Waals surface area contributed by atoms with Crippen LogP contribution in [0.4, 0.5) is 31.4 Å². The zero-order valence-electron chi connectivity index (χ0n) is 64.3. The zero-order chi connectivity index (χ0) is 81.4. The molecule has 3 saturated carbocycles. The molecule has 9 amide bonds. The molecule has 5 aromatic carbocycles. The number of carbonyl (C=O) groups is 8. The van der Waals surface area contributed by atoms with Gasteiger partial charge in [-0.05, 0) is 77.6 Å². The van der Waals surface area contributed by atoms with Gasteiger partial charge in [0.05, 0.1) is 101 Å². The Morgan fingerprint density at radius 2 is 1.10 bits per heavy atom. The lowest BCUT2D eigenvalue weighted by Crippen LogP contribution is -2.73. The highest BCUT2D eigenvalue weighted by Gasteiger charge is 2.76. The van der Waals surface area contributed by atoms with Crippen molar-refractivity contribution in [3.63, 3.8) is 0 Å². The number of epoxide rings is 1. The molecule has 2 bridgehead atoms. The molecule has 114 heavy (non-hydrogen) atoms. The second-order valence-electron chi connectivity index (χ2n) is 29.8. The van der Waals surface area contributed by atoms with Crippen molar-refractivity contribution in [3.05, 3.63) is 102 Å².